The summed E-state index contributed by atoms with van der Waals surface area (Å²) in [6, 6.07) is 24.5. The van der Waals surface area contributed by atoms with Gasteiger partial charge in [-0.2, -0.15) is 0 Å². The number of halogens is 1. The number of benzene rings is 3. The van der Waals surface area contributed by atoms with Gasteiger partial charge in [0.2, 0.25) is 0 Å². The van der Waals surface area contributed by atoms with Crippen LogP contribution < -0.4 is 4.74 Å². The van der Waals surface area contributed by atoms with Crippen molar-refractivity contribution < 1.29 is 4.74 Å². The molecule has 0 saturated heterocycles. The summed E-state index contributed by atoms with van der Waals surface area (Å²) >= 11 is 6.23. The van der Waals surface area contributed by atoms with Gasteiger partial charge in [-0.25, -0.2) is 4.98 Å². The molecule has 3 nitrogen and oxygen atoms in total. The number of aryl methyl sites for hydroxylation is 1. The third-order valence-corrected chi connectivity index (χ3v) is 5.55. The molecule has 0 N–H and O–H groups in total. The van der Waals surface area contributed by atoms with E-state index in [1.165, 1.54) is 5.56 Å². The van der Waals surface area contributed by atoms with Crippen LogP contribution in [0.4, 0.5) is 0 Å². The molecule has 0 bridgehead atoms. The van der Waals surface area contributed by atoms with Crippen molar-refractivity contribution in [1.82, 2.24) is 9.55 Å². The minimum Gasteiger partial charge on any atom is -0.493 e. The third-order valence-electron chi connectivity index (χ3n) is 5.31. The van der Waals surface area contributed by atoms with Crippen LogP contribution in [0.25, 0.3) is 22.4 Å². The number of para-hydroxylation sites is 3. The summed E-state index contributed by atoms with van der Waals surface area (Å²) in [7, 11) is 0. The lowest BCUT2D eigenvalue weighted by Gasteiger charge is -2.14. The minimum atomic E-state index is 0.457. The molecule has 30 heavy (non-hydrogen) atoms. The summed E-state index contributed by atoms with van der Waals surface area (Å²) in [5, 5.41) is 0.725. The predicted octanol–water partition coefficient (Wildman–Crippen LogP) is 7.34. The third kappa shape index (κ3) is 4.52. The van der Waals surface area contributed by atoms with E-state index < -0.39 is 0 Å². The number of aromatic nitrogens is 2. The molecule has 1 heterocycles. The van der Waals surface area contributed by atoms with Crippen LogP contribution in [0.5, 0.6) is 5.75 Å². The zero-order chi connectivity index (χ0) is 20.9. The van der Waals surface area contributed by atoms with Crippen LogP contribution in [0.15, 0.2) is 72.8 Å². The molecule has 4 aromatic rings. The molecule has 4 heteroatoms. The van der Waals surface area contributed by atoms with Crippen LogP contribution in [-0.4, -0.2) is 16.2 Å². The number of hydrogen-bond acceptors (Lipinski definition) is 2. The highest BCUT2D eigenvalue weighted by atomic mass is 35.5. The largest absolute Gasteiger partial charge is 0.493 e. The Labute approximate surface area is 183 Å². The van der Waals surface area contributed by atoms with Gasteiger partial charge in [0, 0.05) is 17.1 Å². The van der Waals surface area contributed by atoms with Crippen LogP contribution >= 0.6 is 11.6 Å². The maximum Gasteiger partial charge on any atom is 0.141 e. The second kappa shape index (κ2) is 9.36. The van der Waals surface area contributed by atoms with E-state index in [1.807, 2.05) is 30.3 Å². The van der Waals surface area contributed by atoms with Crippen LogP contribution in [0, 0.1) is 0 Å². The van der Waals surface area contributed by atoms with Crippen molar-refractivity contribution in [3.8, 4) is 17.1 Å². The van der Waals surface area contributed by atoms with Gasteiger partial charge in [-0.15, -0.1) is 0 Å². The van der Waals surface area contributed by atoms with Gasteiger partial charge < -0.3 is 9.30 Å². The number of ether oxygens (including phenoxy) is 1. The van der Waals surface area contributed by atoms with Crippen molar-refractivity contribution in [1.29, 1.82) is 0 Å². The van der Waals surface area contributed by atoms with Crippen LogP contribution in [0.1, 0.15) is 38.2 Å². The number of rotatable bonds is 8. The fraction of sp³-hybridized carbons (Fsp3) is 0.269. The smallest absolute Gasteiger partial charge is 0.141 e. The summed E-state index contributed by atoms with van der Waals surface area (Å²) in [6.07, 6.45) is 1.99. The molecule has 0 unspecified atom stereocenters. The first-order valence-corrected chi connectivity index (χ1v) is 10.9. The van der Waals surface area contributed by atoms with Gasteiger partial charge in [0.1, 0.15) is 11.6 Å². The topological polar surface area (TPSA) is 27.1 Å². The Balaban J connectivity index is 1.46. The Morgan fingerprint density at radius 2 is 1.73 bits per heavy atom. The fourth-order valence-corrected chi connectivity index (χ4v) is 3.98. The fourth-order valence-electron chi connectivity index (χ4n) is 3.79. The molecule has 0 saturated carbocycles. The van der Waals surface area contributed by atoms with Crippen LogP contribution in [-0.2, 0) is 6.54 Å². The summed E-state index contributed by atoms with van der Waals surface area (Å²) in [5.41, 5.74) is 4.47. The van der Waals surface area contributed by atoms with Gasteiger partial charge in [0.15, 0.2) is 0 Å². The van der Waals surface area contributed by atoms with Gasteiger partial charge in [-0.3, -0.25) is 0 Å². The van der Waals surface area contributed by atoms with Crippen molar-refractivity contribution in [2.45, 2.75) is 39.2 Å². The molecule has 0 aliphatic carbocycles. The zero-order valence-electron chi connectivity index (χ0n) is 17.5. The summed E-state index contributed by atoms with van der Waals surface area (Å²) < 4.78 is 8.39. The van der Waals surface area contributed by atoms with Gasteiger partial charge in [0.25, 0.3) is 0 Å². The Hall–Kier alpha value is -2.78. The predicted molar refractivity (Wildman–Crippen MR) is 125 cm³/mol. The molecule has 0 amide bonds. The first-order valence-electron chi connectivity index (χ1n) is 10.6. The van der Waals surface area contributed by atoms with E-state index in [0.717, 1.165) is 52.6 Å². The first-order chi connectivity index (χ1) is 14.6. The molecule has 0 radical (unpaired) electrons. The highest BCUT2D eigenvalue weighted by Crippen LogP contribution is 2.28. The molecule has 0 aliphatic heterocycles. The molecule has 0 fully saturated rings. The van der Waals surface area contributed by atoms with Crippen LogP contribution in [0.2, 0.25) is 5.02 Å². The van der Waals surface area contributed by atoms with E-state index in [4.69, 9.17) is 21.3 Å². The summed E-state index contributed by atoms with van der Waals surface area (Å²) in [4.78, 5) is 4.87. The molecule has 4 rings (SSSR count). The normalized spacial score (nSPS) is 11.3. The monoisotopic (exact) mass is 418 g/mol. The lowest BCUT2D eigenvalue weighted by Crippen LogP contribution is -2.05. The molecule has 154 valence electrons. The van der Waals surface area contributed by atoms with E-state index in [2.05, 4.69) is 60.9 Å². The number of imidazole rings is 1. The Morgan fingerprint density at radius 1 is 0.933 bits per heavy atom. The first kappa shape index (κ1) is 20.5. The number of unbranched alkanes of at least 4 members (excludes halogenated alkanes) is 1. The Kier molecular flexibility index (Phi) is 6.39. The second-order valence-electron chi connectivity index (χ2n) is 7.83. The van der Waals surface area contributed by atoms with E-state index in [0.29, 0.717) is 12.5 Å². The molecule has 0 spiro atoms. The highest BCUT2D eigenvalue weighted by Gasteiger charge is 2.13. The zero-order valence-corrected chi connectivity index (χ0v) is 18.3. The summed E-state index contributed by atoms with van der Waals surface area (Å²) in [5.74, 6) is 2.42. The number of fused-ring (bicyclic) bond motifs is 1. The minimum absolute atomic E-state index is 0.457. The quantitative estimate of drug-likeness (QED) is 0.280. The SMILES string of the molecule is CC(C)c1ccccc1OCCCCn1c(-c2cccc(Cl)c2)nc2ccccc21. The molecule has 0 atom stereocenters. The average molecular weight is 419 g/mol. The number of nitrogens with zero attached hydrogens (tertiary/aromatic N) is 2. The molecule has 3 aromatic carbocycles. The maximum atomic E-state index is 6.23. The van der Waals surface area contributed by atoms with E-state index >= 15 is 0 Å². The maximum absolute atomic E-state index is 6.23. The van der Waals surface area contributed by atoms with Gasteiger partial charge in [-0.05, 0) is 54.7 Å². The Morgan fingerprint density at radius 3 is 2.57 bits per heavy atom. The number of hydrogen-bond donors (Lipinski definition) is 0. The second-order valence-corrected chi connectivity index (χ2v) is 8.27. The lowest BCUT2D eigenvalue weighted by atomic mass is 10.0. The van der Waals surface area contributed by atoms with E-state index in [-0.39, 0.29) is 0 Å². The van der Waals surface area contributed by atoms with Gasteiger partial charge in [0.05, 0.1) is 17.6 Å². The van der Waals surface area contributed by atoms with Crippen LogP contribution in [0.3, 0.4) is 0 Å². The lowest BCUT2D eigenvalue weighted by molar-refractivity contribution is 0.299. The molecule has 0 aliphatic rings. The van der Waals surface area contributed by atoms with Crippen molar-refractivity contribution in [3.63, 3.8) is 0 Å². The Bertz CT molecular complexity index is 1130. The standard InChI is InChI=1S/C26H27ClN2O/c1-19(2)22-12-3-6-15-25(22)30-17-8-7-16-29-24-14-5-4-13-23(24)28-26(29)20-10-9-11-21(27)18-20/h3-6,9-15,18-19H,7-8,16-17H2,1-2H3. The molecule has 1 aromatic heterocycles. The molecular formula is C26H27ClN2O. The average Bonchev–Trinajstić information content (AvgIpc) is 3.12. The van der Waals surface area contributed by atoms with Crippen molar-refractivity contribution in [2.24, 2.45) is 0 Å². The molecular weight excluding hydrogens is 392 g/mol. The van der Waals surface area contributed by atoms with E-state index in [9.17, 15) is 0 Å². The highest BCUT2D eigenvalue weighted by molar-refractivity contribution is 6.30. The van der Waals surface area contributed by atoms with Crippen molar-refractivity contribution in [2.75, 3.05) is 6.61 Å². The van der Waals surface area contributed by atoms with E-state index in [1.54, 1.807) is 0 Å². The van der Waals surface area contributed by atoms with Gasteiger partial charge in [-0.1, -0.05) is 67.9 Å². The van der Waals surface area contributed by atoms with Crippen molar-refractivity contribution in [3.05, 3.63) is 83.4 Å². The summed E-state index contributed by atoms with van der Waals surface area (Å²) in [6.45, 7) is 5.99. The van der Waals surface area contributed by atoms with Crippen molar-refractivity contribution >= 4 is 22.6 Å². The van der Waals surface area contributed by atoms with Gasteiger partial charge >= 0.3 is 0 Å².